The maximum atomic E-state index is 13.0. The number of benzene rings is 2. The van der Waals surface area contributed by atoms with Gasteiger partial charge in [-0.15, -0.1) is 0 Å². The summed E-state index contributed by atoms with van der Waals surface area (Å²) in [4.78, 5) is 12.3. The van der Waals surface area contributed by atoms with Crippen LogP contribution in [0.2, 0.25) is 10.0 Å². The first-order chi connectivity index (χ1) is 12.8. The molecule has 2 rings (SSSR count). The molecule has 0 aliphatic rings. The second-order valence-electron chi connectivity index (χ2n) is 5.66. The van der Waals surface area contributed by atoms with Crippen LogP contribution in [0.5, 0.6) is 0 Å². The number of amides is 1. The smallest absolute Gasteiger partial charge is 0.243 e. The van der Waals surface area contributed by atoms with Gasteiger partial charge in [0.05, 0.1) is 18.0 Å². The summed E-state index contributed by atoms with van der Waals surface area (Å²) in [6.07, 6.45) is 0. The first-order valence-corrected chi connectivity index (χ1v) is 10.3. The number of rotatable bonds is 9. The average Bonchev–Trinajstić information content (AvgIpc) is 2.64. The molecule has 0 aromatic heterocycles. The number of ether oxygens (including phenoxy) is 1. The van der Waals surface area contributed by atoms with E-state index >= 15 is 0 Å². The molecule has 0 atom stereocenters. The van der Waals surface area contributed by atoms with E-state index in [1.807, 2.05) is 0 Å². The number of hydrogen-bond acceptors (Lipinski definition) is 4. The summed E-state index contributed by atoms with van der Waals surface area (Å²) >= 11 is 12.1. The molecule has 0 saturated carbocycles. The molecule has 146 valence electrons. The van der Waals surface area contributed by atoms with E-state index in [1.165, 1.54) is 25.3 Å². The minimum Gasteiger partial charge on any atom is -0.383 e. The van der Waals surface area contributed by atoms with Crippen molar-refractivity contribution in [2.75, 3.05) is 26.8 Å². The molecule has 0 aliphatic heterocycles. The summed E-state index contributed by atoms with van der Waals surface area (Å²) in [6, 6.07) is 12.7. The quantitative estimate of drug-likeness (QED) is 0.620. The molecule has 0 radical (unpaired) electrons. The van der Waals surface area contributed by atoms with Crippen LogP contribution in [0, 0.1) is 0 Å². The van der Waals surface area contributed by atoms with Crippen LogP contribution in [0.1, 0.15) is 5.56 Å². The van der Waals surface area contributed by atoms with Crippen molar-refractivity contribution >= 4 is 39.1 Å². The Kier molecular flexibility index (Phi) is 8.07. The number of hydrogen-bond donors (Lipinski definition) is 1. The summed E-state index contributed by atoms with van der Waals surface area (Å²) < 4.78 is 32.0. The van der Waals surface area contributed by atoms with Crippen LogP contribution in [0.3, 0.4) is 0 Å². The monoisotopic (exact) mass is 430 g/mol. The van der Waals surface area contributed by atoms with Crippen LogP contribution in [0.15, 0.2) is 53.4 Å². The van der Waals surface area contributed by atoms with Crippen LogP contribution < -0.4 is 5.32 Å². The third-order valence-corrected chi connectivity index (χ3v) is 6.08. The van der Waals surface area contributed by atoms with Gasteiger partial charge in [0.15, 0.2) is 0 Å². The summed E-state index contributed by atoms with van der Waals surface area (Å²) in [6.45, 7) is 0.210. The summed E-state index contributed by atoms with van der Waals surface area (Å²) in [7, 11) is -2.39. The number of carbonyl (C=O) groups is 1. The lowest BCUT2D eigenvalue weighted by molar-refractivity contribution is -0.121. The van der Waals surface area contributed by atoms with Gasteiger partial charge in [0.1, 0.15) is 0 Å². The topological polar surface area (TPSA) is 75.7 Å². The minimum absolute atomic E-state index is 0.0646. The standard InChI is InChI=1S/C18H20Cl2N2O4S/c1-26-10-9-21-18(23)13-22(12-14-7-8-15(19)11-17(14)20)27(24,25)16-5-3-2-4-6-16/h2-8,11H,9-10,12-13H2,1H3,(H,21,23). The van der Waals surface area contributed by atoms with E-state index in [9.17, 15) is 13.2 Å². The van der Waals surface area contributed by atoms with Gasteiger partial charge in [-0.2, -0.15) is 4.31 Å². The molecule has 0 unspecified atom stereocenters. The molecule has 2 aromatic rings. The highest BCUT2D eigenvalue weighted by molar-refractivity contribution is 7.89. The summed E-state index contributed by atoms with van der Waals surface area (Å²) in [5.41, 5.74) is 0.547. The van der Waals surface area contributed by atoms with Crippen molar-refractivity contribution < 1.29 is 17.9 Å². The van der Waals surface area contributed by atoms with Gasteiger partial charge in [-0.1, -0.05) is 47.5 Å². The van der Waals surface area contributed by atoms with Crippen molar-refractivity contribution in [3.05, 3.63) is 64.1 Å². The minimum atomic E-state index is -3.90. The number of sulfonamides is 1. The SMILES string of the molecule is COCCNC(=O)CN(Cc1ccc(Cl)cc1Cl)S(=O)(=O)c1ccccc1. The van der Waals surface area contributed by atoms with Crippen LogP contribution in [-0.2, 0) is 26.1 Å². The lowest BCUT2D eigenvalue weighted by Gasteiger charge is -2.22. The van der Waals surface area contributed by atoms with Gasteiger partial charge in [0, 0.05) is 30.2 Å². The number of halogens is 2. The molecule has 0 saturated heterocycles. The van der Waals surface area contributed by atoms with Crippen molar-refractivity contribution in [3.63, 3.8) is 0 Å². The Morgan fingerprint density at radius 2 is 1.85 bits per heavy atom. The van der Waals surface area contributed by atoms with Crippen LogP contribution in [-0.4, -0.2) is 45.4 Å². The third-order valence-electron chi connectivity index (χ3n) is 3.69. The molecular weight excluding hydrogens is 411 g/mol. The van der Waals surface area contributed by atoms with E-state index in [4.69, 9.17) is 27.9 Å². The zero-order valence-electron chi connectivity index (χ0n) is 14.7. The molecule has 0 aliphatic carbocycles. The number of methoxy groups -OCH3 is 1. The van der Waals surface area contributed by atoms with Gasteiger partial charge < -0.3 is 10.1 Å². The fourth-order valence-corrected chi connectivity index (χ4v) is 4.18. The van der Waals surface area contributed by atoms with Crippen molar-refractivity contribution in [2.24, 2.45) is 0 Å². The van der Waals surface area contributed by atoms with E-state index in [2.05, 4.69) is 5.32 Å². The Morgan fingerprint density at radius 3 is 2.48 bits per heavy atom. The predicted octanol–water partition coefficient (Wildman–Crippen LogP) is 2.95. The maximum absolute atomic E-state index is 13.0. The van der Waals surface area contributed by atoms with Crippen molar-refractivity contribution in [1.82, 2.24) is 9.62 Å². The fourth-order valence-electron chi connectivity index (χ4n) is 2.32. The molecule has 0 heterocycles. The average molecular weight is 431 g/mol. The van der Waals surface area contributed by atoms with Gasteiger partial charge in [-0.05, 0) is 29.8 Å². The lowest BCUT2D eigenvalue weighted by atomic mass is 10.2. The first-order valence-electron chi connectivity index (χ1n) is 8.09. The Hall–Kier alpha value is -1.64. The number of carbonyl (C=O) groups excluding carboxylic acids is 1. The molecule has 1 N–H and O–H groups in total. The zero-order valence-corrected chi connectivity index (χ0v) is 17.0. The second-order valence-corrected chi connectivity index (χ2v) is 8.45. The van der Waals surface area contributed by atoms with Gasteiger partial charge in [0.2, 0.25) is 15.9 Å². The molecule has 6 nitrogen and oxygen atoms in total. The van der Waals surface area contributed by atoms with Crippen molar-refractivity contribution in [2.45, 2.75) is 11.4 Å². The number of nitrogens with one attached hydrogen (secondary N) is 1. The van der Waals surface area contributed by atoms with Crippen LogP contribution >= 0.6 is 23.2 Å². The van der Waals surface area contributed by atoms with E-state index in [-0.39, 0.29) is 24.5 Å². The molecule has 0 fully saturated rings. The molecule has 27 heavy (non-hydrogen) atoms. The second kappa shape index (κ2) is 10.1. The van der Waals surface area contributed by atoms with E-state index < -0.39 is 15.9 Å². The Balaban J connectivity index is 2.29. The number of nitrogens with zero attached hydrogens (tertiary/aromatic N) is 1. The highest BCUT2D eigenvalue weighted by Gasteiger charge is 2.27. The summed E-state index contributed by atoms with van der Waals surface area (Å²) in [5.74, 6) is -0.434. The lowest BCUT2D eigenvalue weighted by Crippen LogP contribution is -2.41. The maximum Gasteiger partial charge on any atom is 0.243 e. The molecular formula is C18H20Cl2N2O4S. The zero-order chi connectivity index (χ0) is 19.9. The largest absolute Gasteiger partial charge is 0.383 e. The third kappa shape index (κ3) is 6.19. The molecule has 2 aromatic carbocycles. The van der Waals surface area contributed by atoms with Gasteiger partial charge in [-0.3, -0.25) is 4.79 Å². The highest BCUT2D eigenvalue weighted by atomic mass is 35.5. The fraction of sp³-hybridized carbons (Fsp3) is 0.278. The molecule has 9 heteroatoms. The van der Waals surface area contributed by atoms with Gasteiger partial charge in [-0.25, -0.2) is 8.42 Å². The molecule has 1 amide bonds. The first kappa shape index (κ1) is 21.7. The van der Waals surface area contributed by atoms with Gasteiger partial charge >= 0.3 is 0 Å². The van der Waals surface area contributed by atoms with E-state index in [1.54, 1.807) is 30.3 Å². The van der Waals surface area contributed by atoms with Crippen molar-refractivity contribution in [1.29, 1.82) is 0 Å². The van der Waals surface area contributed by atoms with Gasteiger partial charge in [0.25, 0.3) is 0 Å². The Labute approximate surface area is 169 Å². The predicted molar refractivity (Wildman–Crippen MR) is 105 cm³/mol. The Bertz CT molecular complexity index is 876. The van der Waals surface area contributed by atoms with E-state index in [0.717, 1.165) is 4.31 Å². The van der Waals surface area contributed by atoms with E-state index in [0.29, 0.717) is 22.2 Å². The van der Waals surface area contributed by atoms with Crippen LogP contribution in [0.4, 0.5) is 0 Å². The van der Waals surface area contributed by atoms with Crippen LogP contribution in [0.25, 0.3) is 0 Å². The van der Waals surface area contributed by atoms with Crippen molar-refractivity contribution in [3.8, 4) is 0 Å². The summed E-state index contributed by atoms with van der Waals surface area (Å²) in [5, 5.41) is 3.40. The molecule has 0 spiro atoms. The Morgan fingerprint density at radius 1 is 1.15 bits per heavy atom. The normalized spacial score (nSPS) is 11.6. The highest BCUT2D eigenvalue weighted by Crippen LogP contribution is 2.25. The molecule has 0 bridgehead atoms.